The Balaban J connectivity index is 0.000000452. The second-order valence-electron chi connectivity index (χ2n) is 4.88. The van der Waals surface area contributed by atoms with Gasteiger partial charge in [-0.1, -0.05) is 24.3 Å². The fraction of sp³-hybridized carbons (Fsp3) is 0.353. The summed E-state index contributed by atoms with van der Waals surface area (Å²) in [6.07, 6.45) is 4.06. The fourth-order valence-electron chi connectivity index (χ4n) is 2.37. The molecule has 2 heterocycles. The van der Waals surface area contributed by atoms with Crippen LogP contribution < -0.4 is 10.1 Å². The largest absolute Gasteiger partial charge is 0.493 e. The van der Waals surface area contributed by atoms with Crippen LogP contribution in [0.4, 0.5) is 0 Å². The smallest absolute Gasteiger partial charge is 0.130 e. The molecule has 0 aliphatic carbocycles. The van der Waals surface area contributed by atoms with E-state index >= 15 is 0 Å². The lowest BCUT2D eigenvalue weighted by molar-refractivity contribution is 0.289. The maximum atomic E-state index is 5.84. The molecule has 0 radical (unpaired) electrons. The van der Waals surface area contributed by atoms with Crippen LogP contribution in [0.5, 0.6) is 5.75 Å². The zero-order valence-electron chi connectivity index (χ0n) is 12.4. The summed E-state index contributed by atoms with van der Waals surface area (Å²) in [7, 11) is 3.75. The van der Waals surface area contributed by atoms with Gasteiger partial charge in [0.05, 0.1) is 6.61 Å². The summed E-state index contributed by atoms with van der Waals surface area (Å²) in [6.45, 7) is 2.86. The van der Waals surface area contributed by atoms with Gasteiger partial charge in [0.2, 0.25) is 0 Å². The second kappa shape index (κ2) is 7.06. The molecular weight excluding hydrogens is 248 g/mol. The van der Waals surface area contributed by atoms with Gasteiger partial charge in [-0.15, -0.1) is 0 Å². The van der Waals surface area contributed by atoms with Crippen molar-refractivity contribution in [2.45, 2.75) is 19.8 Å². The van der Waals surface area contributed by atoms with Gasteiger partial charge in [-0.05, 0) is 45.5 Å². The molecule has 106 valence electrons. The molecule has 3 rings (SSSR count). The van der Waals surface area contributed by atoms with Gasteiger partial charge < -0.3 is 10.1 Å². The molecule has 0 atom stereocenters. The number of aromatic nitrogens is 1. The van der Waals surface area contributed by atoms with E-state index in [0.29, 0.717) is 0 Å². The molecule has 1 aliphatic heterocycles. The summed E-state index contributed by atoms with van der Waals surface area (Å²) in [5, 5.41) is 2.75. The van der Waals surface area contributed by atoms with E-state index in [1.165, 1.54) is 16.7 Å². The third-order valence-corrected chi connectivity index (χ3v) is 3.23. The number of benzene rings is 1. The van der Waals surface area contributed by atoms with Crippen LogP contribution in [0.1, 0.15) is 17.7 Å². The molecule has 0 spiro atoms. The minimum atomic E-state index is 0.823. The van der Waals surface area contributed by atoms with Crippen LogP contribution in [0.3, 0.4) is 0 Å². The van der Waals surface area contributed by atoms with Crippen molar-refractivity contribution in [2.75, 3.05) is 20.7 Å². The first-order chi connectivity index (χ1) is 9.77. The maximum Gasteiger partial charge on any atom is 0.130 e. The predicted octanol–water partition coefficient (Wildman–Crippen LogP) is 3.22. The standard InChI is InChI=1S/C15H15NO.C2H7N/c1-11-13(8-3-9-16-11)14-7-2-5-12-6-4-10-17-15(12)14;1-3-2/h2-3,5,7-9H,4,6,10H2,1H3;3H,1-2H3. The Labute approximate surface area is 121 Å². The summed E-state index contributed by atoms with van der Waals surface area (Å²) in [5.74, 6) is 1.05. The van der Waals surface area contributed by atoms with Crippen molar-refractivity contribution in [3.8, 4) is 16.9 Å². The molecule has 1 aromatic carbocycles. The molecule has 0 amide bonds. The number of aryl methyl sites for hydroxylation is 2. The zero-order chi connectivity index (χ0) is 14.4. The Morgan fingerprint density at radius 1 is 1.10 bits per heavy atom. The number of nitrogens with one attached hydrogen (secondary N) is 1. The molecule has 20 heavy (non-hydrogen) atoms. The van der Waals surface area contributed by atoms with E-state index in [4.69, 9.17) is 4.74 Å². The molecule has 2 aromatic rings. The lowest BCUT2D eigenvalue weighted by Gasteiger charge is -2.20. The highest BCUT2D eigenvalue weighted by atomic mass is 16.5. The highest BCUT2D eigenvalue weighted by Gasteiger charge is 2.16. The van der Waals surface area contributed by atoms with Crippen molar-refractivity contribution < 1.29 is 4.74 Å². The van der Waals surface area contributed by atoms with Crippen LogP contribution in [0.2, 0.25) is 0 Å². The first-order valence-corrected chi connectivity index (χ1v) is 7.03. The SMILES string of the molecule is CNC.Cc1ncccc1-c1cccc2c1OCCC2. The Bertz CT molecular complexity index is 567. The van der Waals surface area contributed by atoms with E-state index in [1.54, 1.807) is 0 Å². The van der Waals surface area contributed by atoms with E-state index in [0.717, 1.165) is 30.9 Å². The van der Waals surface area contributed by atoms with Gasteiger partial charge in [-0.2, -0.15) is 0 Å². The Kier molecular flexibility index (Phi) is 5.13. The maximum absolute atomic E-state index is 5.84. The average molecular weight is 270 g/mol. The Morgan fingerprint density at radius 2 is 1.85 bits per heavy atom. The summed E-state index contributed by atoms with van der Waals surface area (Å²) in [6, 6.07) is 10.5. The predicted molar refractivity (Wildman–Crippen MR) is 83.2 cm³/mol. The monoisotopic (exact) mass is 270 g/mol. The minimum absolute atomic E-state index is 0.823. The average Bonchev–Trinajstić information content (AvgIpc) is 2.48. The van der Waals surface area contributed by atoms with E-state index in [-0.39, 0.29) is 0 Å². The van der Waals surface area contributed by atoms with Crippen molar-refractivity contribution in [3.63, 3.8) is 0 Å². The van der Waals surface area contributed by atoms with Crippen molar-refractivity contribution in [1.82, 2.24) is 10.3 Å². The van der Waals surface area contributed by atoms with E-state index in [1.807, 2.05) is 33.3 Å². The lowest BCUT2D eigenvalue weighted by Crippen LogP contribution is -2.09. The highest BCUT2D eigenvalue weighted by Crippen LogP contribution is 2.36. The van der Waals surface area contributed by atoms with Gasteiger partial charge in [0.15, 0.2) is 0 Å². The summed E-state index contributed by atoms with van der Waals surface area (Å²) >= 11 is 0. The van der Waals surface area contributed by atoms with Crippen molar-refractivity contribution in [1.29, 1.82) is 0 Å². The van der Waals surface area contributed by atoms with Crippen LogP contribution in [-0.2, 0) is 6.42 Å². The molecule has 0 unspecified atom stereocenters. The summed E-state index contributed by atoms with van der Waals surface area (Å²) in [4.78, 5) is 4.35. The first kappa shape index (κ1) is 14.5. The van der Waals surface area contributed by atoms with E-state index in [9.17, 15) is 0 Å². The number of rotatable bonds is 1. The van der Waals surface area contributed by atoms with Gasteiger partial charge in [-0.25, -0.2) is 0 Å². The normalized spacial score (nSPS) is 12.8. The fourth-order valence-corrected chi connectivity index (χ4v) is 2.37. The molecule has 0 bridgehead atoms. The number of ether oxygens (including phenoxy) is 1. The van der Waals surface area contributed by atoms with Crippen LogP contribution >= 0.6 is 0 Å². The molecular formula is C17H22N2O. The van der Waals surface area contributed by atoms with Gasteiger partial charge in [-0.3, -0.25) is 4.98 Å². The van der Waals surface area contributed by atoms with Crippen LogP contribution in [0.15, 0.2) is 36.5 Å². The van der Waals surface area contributed by atoms with Crippen LogP contribution in [0, 0.1) is 6.92 Å². The molecule has 1 N–H and O–H groups in total. The Hall–Kier alpha value is -1.87. The quantitative estimate of drug-likeness (QED) is 0.864. The molecule has 3 heteroatoms. The number of fused-ring (bicyclic) bond motifs is 1. The highest BCUT2D eigenvalue weighted by molar-refractivity contribution is 5.74. The molecule has 1 aromatic heterocycles. The van der Waals surface area contributed by atoms with Crippen molar-refractivity contribution in [3.05, 3.63) is 47.8 Å². The van der Waals surface area contributed by atoms with E-state index in [2.05, 4.69) is 34.6 Å². The van der Waals surface area contributed by atoms with Gasteiger partial charge in [0.1, 0.15) is 5.75 Å². The Morgan fingerprint density at radius 3 is 2.60 bits per heavy atom. The van der Waals surface area contributed by atoms with Gasteiger partial charge in [0.25, 0.3) is 0 Å². The zero-order valence-corrected chi connectivity index (χ0v) is 12.4. The van der Waals surface area contributed by atoms with Crippen LogP contribution in [0.25, 0.3) is 11.1 Å². The molecule has 1 aliphatic rings. The van der Waals surface area contributed by atoms with Gasteiger partial charge >= 0.3 is 0 Å². The van der Waals surface area contributed by atoms with Crippen molar-refractivity contribution >= 4 is 0 Å². The number of pyridine rings is 1. The topological polar surface area (TPSA) is 34.2 Å². The minimum Gasteiger partial charge on any atom is -0.493 e. The number of nitrogens with zero attached hydrogens (tertiary/aromatic N) is 1. The number of hydrogen-bond acceptors (Lipinski definition) is 3. The third-order valence-electron chi connectivity index (χ3n) is 3.23. The molecule has 3 nitrogen and oxygen atoms in total. The molecule has 0 fully saturated rings. The van der Waals surface area contributed by atoms with Crippen molar-refractivity contribution in [2.24, 2.45) is 0 Å². The summed E-state index contributed by atoms with van der Waals surface area (Å²) < 4.78 is 5.84. The molecule has 0 saturated heterocycles. The molecule has 0 saturated carbocycles. The first-order valence-electron chi connectivity index (χ1n) is 7.03. The van der Waals surface area contributed by atoms with E-state index < -0.39 is 0 Å². The second-order valence-corrected chi connectivity index (χ2v) is 4.88. The lowest BCUT2D eigenvalue weighted by atomic mass is 9.97. The van der Waals surface area contributed by atoms with Gasteiger partial charge in [0, 0.05) is 23.0 Å². The summed E-state index contributed by atoms with van der Waals surface area (Å²) in [5.41, 5.74) is 4.71. The number of hydrogen-bond donors (Lipinski definition) is 1. The van der Waals surface area contributed by atoms with Crippen LogP contribution in [-0.4, -0.2) is 25.7 Å². The third kappa shape index (κ3) is 3.17. The number of para-hydroxylation sites is 1.